The van der Waals surface area contributed by atoms with E-state index >= 15 is 0 Å². The molecule has 3 heteroatoms. The molecule has 1 aromatic carbocycles. The highest BCUT2D eigenvalue weighted by molar-refractivity contribution is 7.07. The second-order valence-electron chi connectivity index (χ2n) is 10.4. The van der Waals surface area contributed by atoms with E-state index in [-0.39, 0.29) is 0 Å². The Morgan fingerprint density at radius 3 is 0.889 bits per heavy atom. The zero-order chi connectivity index (χ0) is 36.7. The molecule has 0 unspecified atom stereocenters. The molecule has 0 aliphatic rings. The van der Waals surface area contributed by atoms with Crippen molar-refractivity contribution in [2.24, 2.45) is 17.8 Å². The zero-order valence-corrected chi connectivity index (χ0v) is 34.3. The third-order valence-electron chi connectivity index (χ3n) is 2.88. The predicted molar refractivity (Wildman–Crippen MR) is 215 cm³/mol. The number of nitrogens with zero attached hydrogens (tertiary/aromatic N) is 1. The Balaban J connectivity index is -0.0000000734. The van der Waals surface area contributed by atoms with Crippen LogP contribution in [0.1, 0.15) is 143 Å². The van der Waals surface area contributed by atoms with Crippen molar-refractivity contribution < 1.29 is 4.42 Å². The third-order valence-corrected chi connectivity index (χ3v) is 3.51. The summed E-state index contributed by atoms with van der Waals surface area (Å²) in [4.78, 5) is 3.78. The van der Waals surface area contributed by atoms with Gasteiger partial charge >= 0.3 is 0 Å². The Labute approximate surface area is 289 Å². The normalized spacial score (nSPS) is 7.80. The summed E-state index contributed by atoms with van der Waals surface area (Å²) in [6, 6.07) is 23.9. The van der Waals surface area contributed by atoms with Gasteiger partial charge in [0.1, 0.15) is 0 Å². The molecule has 0 radical (unpaired) electrons. The summed E-state index contributed by atoms with van der Waals surface area (Å²) in [5, 5.41) is 4.08. The van der Waals surface area contributed by atoms with E-state index in [9.17, 15) is 0 Å². The summed E-state index contributed by atoms with van der Waals surface area (Å²) < 4.78 is 4.58. The lowest BCUT2D eigenvalue weighted by Crippen LogP contribution is -1.83. The van der Waals surface area contributed by atoms with Crippen LogP contribution in [0.15, 0.2) is 113 Å². The van der Waals surface area contributed by atoms with E-state index in [1.165, 1.54) is 5.56 Å². The van der Waals surface area contributed by atoms with Gasteiger partial charge in [0, 0.05) is 12.4 Å². The van der Waals surface area contributed by atoms with Crippen LogP contribution in [0.25, 0.3) is 0 Å². The maximum absolute atomic E-state index is 4.58. The number of hydrogen-bond donors (Lipinski definition) is 0. The van der Waals surface area contributed by atoms with Crippen LogP contribution in [0.5, 0.6) is 0 Å². The quantitative estimate of drug-likeness (QED) is 0.206. The fourth-order valence-corrected chi connectivity index (χ4v) is 2.06. The molecule has 4 aromatic rings. The summed E-state index contributed by atoms with van der Waals surface area (Å²) in [6.07, 6.45) is 6.75. The molecule has 0 saturated carbocycles. The second kappa shape index (κ2) is 60.5. The minimum atomic E-state index is 0.659. The fourth-order valence-electron chi connectivity index (χ4n) is 1.60. The Morgan fingerprint density at radius 1 is 0.444 bits per heavy atom. The number of aromatic nitrogens is 1. The number of thiophene rings is 1. The maximum Gasteiger partial charge on any atom is 0.0902 e. The number of rotatable bonds is 1. The maximum atomic E-state index is 4.58. The molecule has 0 bridgehead atoms. The number of hydrogen-bond acceptors (Lipinski definition) is 3. The van der Waals surface area contributed by atoms with Gasteiger partial charge in [-0.15, -0.1) is 0 Å². The lowest BCUT2D eigenvalue weighted by Gasteiger charge is -2.01. The molecule has 0 saturated heterocycles. The van der Waals surface area contributed by atoms with Gasteiger partial charge in [-0.2, -0.15) is 11.3 Å². The first kappa shape index (κ1) is 57.9. The minimum absolute atomic E-state index is 0.659. The van der Waals surface area contributed by atoms with Gasteiger partial charge < -0.3 is 4.42 Å². The smallest absolute Gasteiger partial charge is 0.0902 e. The summed E-state index contributed by atoms with van der Waals surface area (Å²) in [6.45, 7) is 39.9. The van der Waals surface area contributed by atoms with Crippen LogP contribution in [0.3, 0.4) is 0 Å². The van der Waals surface area contributed by atoms with E-state index in [1.54, 1.807) is 36.3 Å². The van der Waals surface area contributed by atoms with Gasteiger partial charge in [0.05, 0.1) is 12.5 Å². The summed E-state index contributed by atoms with van der Waals surface area (Å²) in [5.74, 6) is 3.16. The van der Waals surface area contributed by atoms with Crippen LogP contribution in [-0.4, -0.2) is 4.98 Å². The molecule has 0 atom stereocenters. The van der Waals surface area contributed by atoms with E-state index in [4.69, 9.17) is 0 Å². The molecule has 2 nitrogen and oxygen atoms in total. The van der Waals surface area contributed by atoms with Crippen molar-refractivity contribution in [1.82, 2.24) is 4.98 Å². The standard InChI is InChI=1S/C9H12.C5H5N.C4H4O.C4H4S.3C4H10.4C2H6/c1-8(2)9-6-4-3-5-7-9;1-2-4-6-5-3-1;2*1-2-4-5-3-1;3*1-4(2)3;4*1-2/h3-8H,1-2H3;1-5H;2*1-4H;3*4H,1-3H3;4*1-2H3. The molecule has 0 fully saturated rings. The van der Waals surface area contributed by atoms with Crippen molar-refractivity contribution in [3.05, 3.63) is 114 Å². The molecule has 0 amide bonds. The molecule has 264 valence electrons. The Hall–Kier alpha value is -2.65. The molecular formula is C42H79NOS. The number of furan rings is 1. The number of benzene rings is 1. The van der Waals surface area contributed by atoms with Gasteiger partial charge in [0.25, 0.3) is 0 Å². The van der Waals surface area contributed by atoms with Gasteiger partial charge in [-0.05, 0) is 64.3 Å². The zero-order valence-electron chi connectivity index (χ0n) is 33.5. The molecule has 0 aliphatic heterocycles. The van der Waals surface area contributed by atoms with Crippen molar-refractivity contribution in [3.8, 4) is 0 Å². The molecule has 45 heavy (non-hydrogen) atoms. The van der Waals surface area contributed by atoms with E-state index in [0.717, 1.165) is 17.8 Å². The van der Waals surface area contributed by atoms with Crippen LogP contribution in [0.4, 0.5) is 0 Å². The highest BCUT2D eigenvalue weighted by Gasteiger charge is 1.93. The van der Waals surface area contributed by atoms with Crippen LogP contribution in [-0.2, 0) is 0 Å². The average Bonchev–Trinajstić information content (AvgIpc) is 3.83. The average molecular weight is 646 g/mol. The third kappa shape index (κ3) is 99.6. The second-order valence-corrected chi connectivity index (χ2v) is 11.2. The topological polar surface area (TPSA) is 26.0 Å². The van der Waals surface area contributed by atoms with Crippen LogP contribution in [0.2, 0.25) is 0 Å². The molecule has 3 heterocycles. The van der Waals surface area contributed by atoms with Gasteiger partial charge in [-0.3, -0.25) is 4.98 Å². The molecule has 0 N–H and O–H groups in total. The lowest BCUT2D eigenvalue weighted by atomic mass is 10.0. The Kier molecular flexibility index (Phi) is 77.9. The fraction of sp³-hybridized carbons (Fsp3) is 0.548. The van der Waals surface area contributed by atoms with Crippen molar-refractivity contribution in [1.29, 1.82) is 0 Å². The minimum Gasteiger partial charge on any atom is -0.473 e. The van der Waals surface area contributed by atoms with Gasteiger partial charge in [-0.25, -0.2) is 0 Å². The van der Waals surface area contributed by atoms with Crippen LogP contribution in [0, 0.1) is 17.8 Å². The van der Waals surface area contributed by atoms with Crippen molar-refractivity contribution in [3.63, 3.8) is 0 Å². The monoisotopic (exact) mass is 646 g/mol. The van der Waals surface area contributed by atoms with Crippen molar-refractivity contribution in [2.45, 2.75) is 137 Å². The Bertz CT molecular complexity index is 700. The van der Waals surface area contributed by atoms with Gasteiger partial charge in [-0.1, -0.05) is 180 Å². The lowest BCUT2D eigenvalue weighted by molar-refractivity contribution is 0.567. The number of pyridine rings is 1. The molecule has 0 spiro atoms. The van der Waals surface area contributed by atoms with Gasteiger partial charge in [0.2, 0.25) is 0 Å². The van der Waals surface area contributed by atoms with Crippen molar-refractivity contribution >= 4 is 11.3 Å². The highest BCUT2D eigenvalue weighted by Crippen LogP contribution is 2.11. The molecule has 0 aliphatic carbocycles. The predicted octanol–water partition coefficient (Wildman–Crippen LogP) is 16.0. The van der Waals surface area contributed by atoms with Crippen LogP contribution < -0.4 is 0 Å². The largest absolute Gasteiger partial charge is 0.473 e. The van der Waals surface area contributed by atoms with E-state index in [1.807, 2.05) is 115 Å². The van der Waals surface area contributed by atoms with Crippen molar-refractivity contribution in [2.75, 3.05) is 0 Å². The van der Waals surface area contributed by atoms with E-state index in [0.29, 0.717) is 5.92 Å². The summed E-state index contributed by atoms with van der Waals surface area (Å²) in [7, 11) is 0. The SMILES string of the molecule is CC.CC.CC.CC.CC(C)C.CC(C)C.CC(C)C.CC(C)c1ccccc1.c1ccncc1.c1ccoc1.c1ccsc1. The first-order valence-electron chi connectivity index (χ1n) is 17.3. The molecule has 3 aromatic heterocycles. The molecule has 4 rings (SSSR count). The highest BCUT2D eigenvalue weighted by atomic mass is 32.1. The summed E-state index contributed by atoms with van der Waals surface area (Å²) in [5.41, 5.74) is 1.41. The molecular weight excluding hydrogens is 567 g/mol. The first-order valence-corrected chi connectivity index (χ1v) is 18.3. The van der Waals surface area contributed by atoms with E-state index < -0.39 is 0 Å². The van der Waals surface area contributed by atoms with Gasteiger partial charge in [0.15, 0.2) is 0 Å². The van der Waals surface area contributed by atoms with E-state index in [2.05, 4.69) is 110 Å². The summed E-state index contributed by atoms with van der Waals surface area (Å²) >= 11 is 1.71. The Morgan fingerprint density at radius 2 is 0.756 bits per heavy atom. The first-order chi connectivity index (χ1) is 21.5. The van der Waals surface area contributed by atoms with Crippen LogP contribution >= 0.6 is 11.3 Å².